The Morgan fingerprint density at radius 1 is 0.840 bits per heavy atom. The molecule has 0 atom stereocenters. The first kappa shape index (κ1) is 16.0. The van der Waals surface area contributed by atoms with E-state index in [1.54, 1.807) is 11.3 Å². The van der Waals surface area contributed by atoms with Crippen LogP contribution in [0.4, 0.5) is 0 Å². The number of hydrogen-bond acceptors (Lipinski definition) is 5. The molecule has 0 bridgehead atoms. The average Bonchev–Trinajstić information content (AvgIpc) is 2.96. The average molecular weight is 349 g/mol. The smallest absolute Gasteiger partial charge is 0.237 e. The van der Waals surface area contributed by atoms with E-state index in [0.717, 1.165) is 27.3 Å². The van der Waals surface area contributed by atoms with Gasteiger partial charge in [-0.15, -0.1) is 11.3 Å². The van der Waals surface area contributed by atoms with Crippen molar-refractivity contribution in [3.8, 4) is 5.88 Å². The summed E-state index contributed by atoms with van der Waals surface area (Å²) >= 11 is 1.69. The summed E-state index contributed by atoms with van der Waals surface area (Å²) in [6.07, 6.45) is 0.614. The van der Waals surface area contributed by atoms with Gasteiger partial charge in [-0.1, -0.05) is 24.3 Å². The van der Waals surface area contributed by atoms with E-state index in [-0.39, 0.29) is 5.60 Å². The van der Waals surface area contributed by atoms with Gasteiger partial charge in [0.1, 0.15) is 11.3 Å². The Kier molecular flexibility index (Phi) is 3.88. The first-order valence-electron chi connectivity index (χ1n) is 8.27. The van der Waals surface area contributed by atoms with E-state index < -0.39 is 0 Å². The minimum Gasteiger partial charge on any atom is -0.471 e. The summed E-state index contributed by atoms with van der Waals surface area (Å²) < 4.78 is 7.28. The quantitative estimate of drug-likeness (QED) is 0.522. The third-order valence-corrected chi connectivity index (χ3v) is 4.70. The number of nitrogens with zero attached hydrogens (tertiary/aromatic N) is 3. The van der Waals surface area contributed by atoms with E-state index >= 15 is 0 Å². The zero-order chi connectivity index (χ0) is 17.4. The second-order valence-electron chi connectivity index (χ2n) is 6.93. The molecule has 0 aliphatic heterocycles. The van der Waals surface area contributed by atoms with Crippen molar-refractivity contribution in [2.75, 3.05) is 0 Å². The summed E-state index contributed by atoms with van der Waals surface area (Å²) in [5, 5.41) is 1.02. The minimum absolute atomic E-state index is 0.334. The first-order chi connectivity index (χ1) is 12.0. The Bertz CT molecular complexity index is 1020. The van der Waals surface area contributed by atoms with Crippen LogP contribution in [-0.4, -0.2) is 20.6 Å². The molecule has 2 aromatic carbocycles. The Labute approximate surface area is 150 Å². The fourth-order valence-corrected chi connectivity index (χ4v) is 3.62. The van der Waals surface area contributed by atoms with Crippen LogP contribution < -0.4 is 4.74 Å². The normalized spacial score (nSPS) is 12.0. The largest absolute Gasteiger partial charge is 0.471 e. The van der Waals surface area contributed by atoms with Gasteiger partial charge in [-0.3, -0.25) is 0 Å². The fraction of sp³-hybridized carbons (Fsp3) is 0.250. The second-order valence-corrected chi connectivity index (χ2v) is 8.05. The number of hydrogen-bond donors (Lipinski definition) is 0. The molecule has 0 saturated carbocycles. The molecule has 4 aromatic rings. The van der Waals surface area contributed by atoms with Crippen LogP contribution in [0.15, 0.2) is 48.5 Å². The van der Waals surface area contributed by atoms with Crippen molar-refractivity contribution in [1.29, 1.82) is 0 Å². The Morgan fingerprint density at radius 2 is 1.48 bits per heavy atom. The monoisotopic (exact) mass is 349 g/mol. The lowest BCUT2D eigenvalue weighted by Crippen LogP contribution is -2.24. The van der Waals surface area contributed by atoms with Gasteiger partial charge in [0.25, 0.3) is 0 Å². The summed E-state index contributed by atoms with van der Waals surface area (Å²) in [4.78, 5) is 14.2. The lowest BCUT2D eigenvalue weighted by atomic mass is 10.2. The molecule has 2 aromatic heterocycles. The van der Waals surface area contributed by atoms with Crippen molar-refractivity contribution in [3.63, 3.8) is 0 Å². The van der Waals surface area contributed by atoms with Gasteiger partial charge >= 0.3 is 0 Å². The van der Waals surface area contributed by atoms with Gasteiger partial charge in [0.2, 0.25) is 5.88 Å². The number of ether oxygens (including phenoxy) is 1. The van der Waals surface area contributed by atoms with Crippen LogP contribution in [0.2, 0.25) is 0 Å². The molecule has 25 heavy (non-hydrogen) atoms. The van der Waals surface area contributed by atoms with Crippen LogP contribution in [0.25, 0.3) is 21.3 Å². The van der Waals surface area contributed by atoms with Gasteiger partial charge in [-0.2, -0.15) is 0 Å². The second kappa shape index (κ2) is 6.08. The Balaban J connectivity index is 1.79. The van der Waals surface area contributed by atoms with Crippen molar-refractivity contribution >= 4 is 32.6 Å². The molecule has 0 aliphatic carbocycles. The predicted molar refractivity (Wildman–Crippen MR) is 102 cm³/mol. The standard InChI is InChI=1S/C20H19N3OS/c1-20(2,3)24-19-16(21-13-8-4-5-9-14(13)23-19)12-18-22-15-10-6-7-11-17(15)25-18/h4-11H,12H2,1-3H3. The third kappa shape index (κ3) is 3.46. The molecule has 0 unspecified atom stereocenters. The molecule has 0 saturated heterocycles. The molecular weight excluding hydrogens is 330 g/mol. The van der Waals surface area contributed by atoms with E-state index in [4.69, 9.17) is 19.7 Å². The topological polar surface area (TPSA) is 47.9 Å². The maximum absolute atomic E-state index is 6.09. The molecule has 4 nitrogen and oxygen atoms in total. The van der Waals surface area contributed by atoms with Crippen molar-refractivity contribution in [2.24, 2.45) is 0 Å². The Morgan fingerprint density at radius 3 is 2.16 bits per heavy atom. The van der Waals surface area contributed by atoms with Crippen LogP contribution >= 0.6 is 11.3 Å². The summed E-state index contributed by atoms with van der Waals surface area (Å²) in [5.41, 5.74) is 3.23. The number of rotatable bonds is 3. The molecule has 0 fully saturated rings. The summed E-state index contributed by atoms with van der Waals surface area (Å²) in [5.74, 6) is 0.588. The summed E-state index contributed by atoms with van der Waals surface area (Å²) in [6, 6.07) is 16.0. The Hall–Kier alpha value is -2.53. The number of fused-ring (bicyclic) bond motifs is 2. The predicted octanol–water partition coefficient (Wildman–Crippen LogP) is 5.01. The van der Waals surface area contributed by atoms with Gasteiger partial charge in [-0.05, 0) is 45.0 Å². The van der Waals surface area contributed by atoms with Gasteiger partial charge in [-0.25, -0.2) is 15.0 Å². The van der Waals surface area contributed by atoms with Crippen LogP contribution in [0, 0.1) is 0 Å². The van der Waals surface area contributed by atoms with Gasteiger partial charge in [0.05, 0.1) is 26.3 Å². The van der Waals surface area contributed by atoms with E-state index in [9.17, 15) is 0 Å². The maximum Gasteiger partial charge on any atom is 0.237 e. The van der Waals surface area contributed by atoms with Crippen molar-refractivity contribution in [1.82, 2.24) is 15.0 Å². The lowest BCUT2D eigenvalue weighted by molar-refractivity contribution is 0.122. The van der Waals surface area contributed by atoms with Crippen molar-refractivity contribution < 1.29 is 4.74 Å². The zero-order valence-electron chi connectivity index (χ0n) is 14.5. The van der Waals surface area contributed by atoms with Gasteiger partial charge in [0.15, 0.2) is 0 Å². The van der Waals surface area contributed by atoms with Crippen molar-refractivity contribution in [2.45, 2.75) is 32.8 Å². The molecule has 0 aliphatic rings. The molecule has 4 rings (SSSR count). The van der Waals surface area contributed by atoms with Gasteiger partial charge < -0.3 is 4.74 Å². The van der Waals surface area contributed by atoms with E-state index in [0.29, 0.717) is 12.3 Å². The van der Waals surface area contributed by atoms with Crippen LogP contribution in [0.3, 0.4) is 0 Å². The molecule has 2 heterocycles. The molecule has 126 valence electrons. The van der Waals surface area contributed by atoms with Crippen molar-refractivity contribution in [3.05, 3.63) is 59.2 Å². The van der Waals surface area contributed by atoms with Crippen LogP contribution in [-0.2, 0) is 6.42 Å². The highest BCUT2D eigenvalue weighted by Crippen LogP contribution is 2.28. The van der Waals surface area contributed by atoms with E-state index in [2.05, 4.69) is 6.07 Å². The molecule has 0 spiro atoms. The molecule has 0 amide bonds. The van der Waals surface area contributed by atoms with Gasteiger partial charge in [0, 0.05) is 6.42 Å². The maximum atomic E-state index is 6.09. The first-order valence-corrected chi connectivity index (χ1v) is 9.09. The molecule has 5 heteroatoms. The number of aromatic nitrogens is 3. The number of benzene rings is 2. The SMILES string of the molecule is CC(C)(C)Oc1nc2ccccc2nc1Cc1nc2ccccc2s1. The highest BCUT2D eigenvalue weighted by Gasteiger charge is 2.19. The fourth-order valence-electron chi connectivity index (χ4n) is 2.65. The number of thiazole rings is 1. The summed E-state index contributed by atoms with van der Waals surface area (Å²) in [7, 11) is 0. The zero-order valence-corrected chi connectivity index (χ0v) is 15.3. The van der Waals surface area contributed by atoms with Crippen LogP contribution in [0.5, 0.6) is 5.88 Å². The van der Waals surface area contributed by atoms with E-state index in [1.807, 2.05) is 63.2 Å². The molecule has 0 N–H and O–H groups in total. The highest BCUT2D eigenvalue weighted by molar-refractivity contribution is 7.18. The lowest BCUT2D eigenvalue weighted by Gasteiger charge is -2.22. The van der Waals surface area contributed by atoms with Crippen LogP contribution in [0.1, 0.15) is 31.5 Å². The third-order valence-electron chi connectivity index (χ3n) is 3.67. The van der Waals surface area contributed by atoms with E-state index in [1.165, 1.54) is 4.70 Å². The molecule has 0 radical (unpaired) electrons. The summed E-state index contributed by atoms with van der Waals surface area (Å²) in [6.45, 7) is 6.06. The minimum atomic E-state index is -0.334. The molecular formula is C20H19N3OS. The number of para-hydroxylation sites is 3. The highest BCUT2D eigenvalue weighted by atomic mass is 32.1.